The van der Waals surface area contributed by atoms with Crippen molar-refractivity contribution in [3.05, 3.63) is 24.3 Å². The van der Waals surface area contributed by atoms with Crippen LogP contribution >= 0.6 is 0 Å². The SMILES string of the molecule is CCOc1ccc(S(=O)(=O)N2CCC(C(=O)N3CCCCC3CC)CC2)cc1. The second kappa shape index (κ2) is 9.27. The fourth-order valence-corrected chi connectivity index (χ4v) is 5.79. The number of hydrogen-bond acceptors (Lipinski definition) is 4. The van der Waals surface area contributed by atoms with Gasteiger partial charge in [0.15, 0.2) is 0 Å². The molecule has 0 aliphatic carbocycles. The molecule has 7 heteroatoms. The van der Waals surface area contributed by atoms with Crippen molar-refractivity contribution in [2.45, 2.75) is 63.3 Å². The lowest BCUT2D eigenvalue weighted by Gasteiger charge is -2.39. The highest BCUT2D eigenvalue weighted by Crippen LogP contribution is 2.29. The molecule has 156 valence electrons. The molecule has 2 heterocycles. The number of sulfonamides is 1. The maximum atomic E-state index is 13.0. The number of nitrogens with zero attached hydrogens (tertiary/aromatic N) is 2. The van der Waals surface area contributed by atoms with Gasteiger partial charge in [-0.15, -0.1) is 0 Å². The molecule has 1 aromatic carbocycles. The summed E-state index contributed by atoms with van der Waals surface area (Å²) in [7, 11) is -3.53. The van der Waals surface area contributed by atoms with Gasteiger partial charge in [-0.05, 0) is 69.7 Å². The smallest absolute Gasteiger partial charge is 0.243 e. The summed E-state index contributed by atoms with van der Waals surface area (Å²) >= 11 is 0. The zero-order chi connectivity index (χ0) is 20.1. The second-order valence-electron chi connectivity index (χ2n) is 7.67. The molecule has 1 atom stereocenters. The summed E-state index contributed by atoms with van der Waals surface area (Å²) in [6.07, 6.45) is 5.56. The summed E-state index contributed by atoms with van der Waals surface area (Å²) in [5.74, 6) is 0.835. The lowest BCUT2D eigenvalue weighted by atomic mass is 9.92. The summed E-state index contributed by atoms with van der Waals surface area (Å²) in [6, 6.07) is 6.92. The summed E-state index contributed by atoms with van der Waals surface area (Å²) in [5.41, 5.74) is 0. The summed E-state index contributed by atoms with van der Waals surface area (Å²) in [4.78, 5) is 15.3. The molecule has 0 radical (unpaired) electrons. The Balaban J connectivity index is 1.61. The van der Waals surface area contributed by atoms with Crippen molar-refractivity contribution in [1.82, 2.24) is 9.21 Å². The van der Waals surface area contributed by atoms with E-state index in [4.69, 9.17) is 4.74 Å². The molecule has 28 heavy (non-hydrogen) atoms. The fraction of sp³-hybridized carbons (Fsp3) is 0.667. The van der Waals surface area contributed by atoms with Crippen molar-refractivity contribution in [2.75, 3.05) is 26.2 Å². The molecule has 2 aliphatic heterocycles. The minimum atomic E-state index is -3.53. The van der Waals surface area contributed by atoms with E-state index in [1.165, 1.54) is 10.7 Å². The molecular formula is C21H32N2O4S. The molecule has 0 aromatic heterocycles. The van der Waals surface area contributed by atoms with Crippen molar-refractivity contribution in [2.24, 2.45) is 5.92 Å². The van der Waals surface area contributed by atoms with Gasteiger partial charge in [0.25, 0.3) is 0 Å². The lowest BCUT2D eigenvalue weighted by molar-refractivity contribution is -0.140. The predicted octanol–water partition coefficient (Wildman–Crippen LogP) is 3.28. The summed E-state index contributed by atoms with van der Waals surface area (Å²) in [5, 5.41) is 0. The van der Waals surface area contributed by atoms with Gasteiger partial charge in [-0.2, -0.15) is 4.31 Å². The van der Waals surface area contributed by atoms with Crippen LogP contribution < -0.4 is 4.74 Å². The molecule has 2 saturated heterocycles. The number of carbonyl (C=O) groups is 1. The topological polar surface area (TPSA) is 66.9 Å². The second-order valence-corrected chi connectivity index (χ2v) is 9.61. The van der Waals surface area contributed by atoms with Crippen molar-refractivity contribution < 1.29 is 17.9 Å². The van der Waals surface area contributed by atoms with Crippen LogP contribution in [0.2, 0.25) is 0 Å². The van der Waals surface area contributed by atoms with Gasteiger partial charge in [0, 0.05) is 31.6 Å². The first-order valence-electron chi connectivity index (χ1n) is 10.5. The molecule has 0 bridgehead atoms. The van der Waals surface area contributed by atoms with Gasteiger partial charge < -0.3 is 9.64 Å². The van der Waals surface area contributed by atoms with Crippen LogP contribution in [0.15, 0.2) is 29.2 Å². The first-order valence-corrected chi connectivity index (χ1v) is 11.9. The maximum Gasteiger partial charge on any atom is 0.243 e. The van der Waals surface area contributed by atoms with E-state index in [1.54, 1.807) is 24.3 Å². The van der Waals surface area contributed by atoms with E-state index < -0.39 is 10.0 Å². The highest BCUT2D eigenvalue weighted by atomic mass is 32.2. The molecule has 6 nitrogen and oxygen atoms in total. The Hall–Kier alpha value is -1.60. The number of amides is 1. The number of piperidine rings is 2. The number of hydrogen-bond donors (Lipinski definition) is 0. The van der Waals surface area contributed by atoms with E-state index in [0.717, 1.165) is 25.8 Å². The van der Waals surface area contributed by atoms with Gasteiger partial charge in [0.1, 0.15) is 5.75 Å². The Labute approximate surface area is 168 Å². The van der Waals surface area contributed by atoms with Crippen LogP contribution in [0.1, 0.15) is 52.4 Å². The highest BCUT2D eigenvalue weighted by molar-refractivity contribution is 7.89. The van der Waals surface area contributed by atoms with Crippen LogP contribution in [0.4, 0.5) is 0 Å². The average Bonchev–Trinajstić information content (AvgIpc) is 2.74. The Kier molecular flexibility index (Phi) is 6.99. The maximum absolute atomic E-state index is 13.0. The molecule has 0 saturated carbocycles. The van der Waals surface area contributed by atoms with Crippen LogP contribution in [0.3, 0.4) is 0 Å². The van der Waals surface area contributed by atoms with E-state index in [1.807, 2.05) is 6.92 Å². The molecule has 1 unspecified atom stereocenters. The minimum Gasteiger partial charge on any atom is -0.494 e. The van der Waals surface area contributed by atoms with E-state index in [-0.39, 0.29) is 16.7 Å². The van der Waals surface area contributed by atoms with E-state index in [2.05, 4.69) is 11.8 Å². The van der Waals surface area contributed by atoms with Gasteiger partial charge >= 0.3 is 0 Å². The van der Waals surface area contributed by atoms with Crippen LogP contribution in [0.5, 0.6) is 5.75 Å². The Bertz CT molecular complexity index is 755. The van der Waals surface area contributed by atoms with Crippen molar-refractivity contribution in [3.63, 3.8) is 0 Å². The first kappa shape index (κ1) is 21.1. The lowest BCUT2D eigenvalue weighted by Crippen LogP contribution is -2.49. The summed E-state index contributed by atoms with van der Waals surface area (Å²) in [6.45, 7) is 6.23. The third kappa shape index (κ3) is 4.51. The Morgan fingerprint density at radius 1 is 1.04 bits per heavy atom. The number of carbonyl (C=O) groups excluding carboxylic acids is 1. The van der Waals surface area contributed by atoms with Gasteiger partial charge in [0.05, 0.1) is 11.5 Å². The summed E-state index contributed by atoms with van der Waals surface area (Å²) < 4.78 is 32.7. The third-order valence-electron chi connectivity index (χ3n) is 5.96. The fourth-order valence-electron chi connectivity index (χ4n) is 4.32. The molecule has 0 spiro atoms. The quantitative estimate of drug-likeness (QED) is 0.724. The van der Waals surface area contributed by atoms with E-state index in [9.17, 15) is 13.2 Å². The molecule has 1 aromatic rings. The van der Waals surface area contributed by atoms with Gasteiger partial charge in [-0.3, -0.25) is 4.79 Å². The predicted molar refractivity (Wildman–Crippen MR) is 109 cm³/mol. The van der Waals surface area contributed by atoms with Crippen molar-refractivity contribution in [1.29, 1.82) is 0 Å². The molecule has 0 N–H and O–H groups in total. The van der Waals surface area contributed by atoms with Gasteiger partial charge in [-0.25, -0.2) is 8.42 Å². The zero-order valence-electron chi connectivity index (χ0n) is 17.0. The molecule has 2 aliphatic rings. The molecular weight excluding hydrogens is 376 g/mol. The largest absolute Gasteiger partial charge is 0.494 e. The normalized spacial score (nSPS) is 22.2. The van der Waals surface area contributed by atoms with Gasteiger partial charge in [0.2, 0.25) is 15.9 Å². The number of likely N-dealkylation sites (tertiary alicyclic amines) is 1. The number of benzene rings is 1. The molecule has 3 rings (SSSR count). The number of rotatable bonds is 6. The van der Waals surface area contributed by atoms with Gasteiger partial charge in [-0.1, -0.05) is 6.92 Å². The molecule has 1 amide bonds. The van der Waals surface area contributed by atoms with Crippen molar-refractivity contribution >= 4 is 15.9 Å². The third-order valence-corrected chi connectivity index (χ3v) is 7.87. The number of ether oxygens (including phenoxy) is 1. The first-order chi connectivity index (χ1) is 13.5. The van der Waals surface area contributed by atoms with Crippen LogP contribution in [0, 0.1) is 5.92 Å². The standard InChI is InChI=1S/C21H32N2O4S/c1-3-18-7-5-6-14-23(18)21(24)17-12-15-22(16-13-17)28(25,26)20-10-8-19(9-11-20)27-4-2/h8-11,17-18H,3-7,12-16H2,1-2H3. The van der Waals surface area contributed by atoms with E-state index in [0.29, 0.717) is 44.3 Å². The Morgan fingerprint density at radius 2 is 1.71 bits per heavy atom. The van der Waals surface area contributed by atoms with Crippen LogP contribution in [-0.4, -0.2) is 55.8 Å². The van der Waals surface area contributed by atoms with Crippen LogP contribution in [-0.2, 0) is 14.8 Å². The van der Waals surface area contributed by atoms with Crippen LogP contribution in [0.25, 0.3) is 0 Å². The Morgan fingerprint density at radius 3 is 2.32 bits per heavy atom. The zero-order valence-corrected chi connectivity index (χ0v) is 17.8. The molecule has 2 fully saturated rings. The minimum absolute atomic E-state index is 0.0565. The highest BCUT2D eigenvalue weighted by Gasteiger charge is 2.36. The van der Waals surface area contributed by atoms with E-state index >= 15 is 0 Å². The average molecular weight is 409 g/mol. The monoisotopic (exact) mass is 408 g/mol. The van der Waals surface area contributed by atoms with Crippen molar-refractivity contribution in [3.8, 4) is 5.75 Å².